The van der Waals surface area contributed by atoms with E-state index in [0.29, 0.717) is 0 Å². The molecule has 15 heavy (non-hydrogen) atoms. The Labute approximate surface area is 88.4 Å². The first-order valence-electron chi connectivity index (χ1n) is 3.62. The minimum atomic E-state index is -4.20. The van der Waals surface area contributed by atoms with Gasteiger partial charge in [0, 0.05) is 7.05 Å². The van der Waals surface area contributed by atoms with Crippen molar-refractivity contribution in [1.29, 1.82) is 0 Å². The maximum Gasteiger partial charge on any atom is 0.426 e. The van der Waals surface area contributed by atoms with Crippen molar-refractivity contribution in [3.8, 4) is 24.7 Å². The molecular formula is C8H9NO5S. The fourth-order valence-corrected chi connectivity index (χ4v) is 1.08. The molecule has 0 fully saturated rings. The van der Waals surface area contributed by atoms with Crippen LogP contribution in [-0.4, -0.2) is 39.1 Å². The number of rotatable bonds is 4. The highest BCUT2D eigenvalue weighted by Crippen LogP contribution is 2.02. The lowest BCUT2D eigenvalue weighted by Gasteiger charge is -2.14. The second kappa shape index (κ2) is 5.91. The number of hydrogen-bond donors (Lipinski definition) is 0. The van der Waals surface area contributed by atoms with Gasteiger partial charge in [-0.3, -0.25) is 0 Å². The van der Waals surface area contributed by atoms with Crippen LogP contribution in [0.4, 0.5) is 4.79 Å². The van der Waals surface area contributed by atoms with E-state index in [1.807, 2.05) is 11.8 Å². The maximum absolute atomic E-state index is 11.1. The topological polar surface area (TPSA) is 72.9 Å². The molecule has 0 rings (SSSR count). The number of amides is 1. The molecule has 82 valence electrons. The predicted octanol–water partition coefficient (Wildman–Crippen LogP) is -0.417. The van der Waals surface area contributed by atoms with Crippen LogP contribution in [0.3, 0.4) is 0 Å². The Morgan fingerprint density at radius 3 is 2.33 bits per heavy atom. The molecule has 0 aliphatic heterocycles. The standard InChI is InChI=1S/C8H9NO5S/c1-4-6-13-8(10)9(3)15(11,12)14-7-5-2/h1-2H,6-7H2,3H3. The molecule has 0 bridgehead atoms. The van der Waals surface area contributed by atoms with Gasteiger partial charge < -0.3 is 4.74 Å². The van der Waals surface area contributed by atoms with Gasteiger partial charge in [-0.15, -0.1) is 12.8 Å². The summed E-state index contributed by atoms with van der Waals surface area (Å²) in [6, 6.07) is 0. The van der Waals surface area contributed by atoms with Crippen LogP contribution in [0.25, 0.3) is 0 Å². The van der Waals surface area contributed by atoms with Crippen LogP contribution in [0.2, 0.25) is 0 Å². The molecule has 0 aromatic carbocycles. The molecule has 6 nitrogen and oxygen atoms in total. The van der Waals surface area contributed by atoms with Crippen molar-refractivity contribution in [2.45, 2.75) is 0 Å². The van der Waals surface area contributed by atoms with Gasteiger partial charge in [-0.2, -0.15) is 12.7 Å². The Hall–Kier alpha value is -1.70. The van der Waals surface area contributed by atoms with Gasteiger partial charge in [0.2, 0.25) is 0 Å². The molecular weight excluding hydrogens is 222 g/mol. The van der Waals surface area contributed by atoms with Gasteiger partial charge in [-0.05, 0) is 0 Å². The van der Waals surface area contributed by atoms with Gasteiger partial charge in [-0.1, -0.05) is 11.8 Å². The van der Waals surface area contributed by atoms with Crippen LogP contribution >= 0.6 is 0 Å². The SMILES string of the molecule is C#CCOC(=O)N(C)S(=O)(=O)OCC#C. The molecule has 7 heteroatoms. The molecule has 0 unspecified atom stereocenters. The van der Waals surface area contributed by atoms with Gasteiger partial charge in [0.05, 0.1) is 0 Å². The van der Waals surface area contributed by atoms with E-state index in [4.69, 9.17) is 12.8 Å². The number of ether oxygens (including phenoxy) is 1. The van der Waals surface area contributed by atoms with E-state index in [2.05, 4.69) is 8.92 Å². The largest absolute Gasteiger partial charge is 0.435 e. The average Bonchev–Trinajstić information content (AvgIpc) is 2.21. The quantitative estimate of drug-likeness (QED) is 0.614. The summed E-state index contributed by atoms with van der Waals surface area (Å²) in [5.41, 5.74) is 0. The number of carbonyl (C=O) groups excluding carboxylic acids is 1. The highest BCUT2D eigenvalue weighted by molar-refractivity contribution is 7.84. The number of hydrogen-bond acceptors (Lipinski definition) is 5. The summed E-state index contributed by atoms with van der Waals surface area (Å²) in [5.74, 6) is 3.96. The lowest BCUT2D eigenvalue weighted by atomic mass is 10.8. The van der Waals surface area contributed by atoms with Gasteiger partial charge in [0.15, 0.2) is 6.61 Å². The summed E-state index contributed by atoms with van der Waals surface area (Å²) < 4.78 is 31.2. The highest BCUT2D eigenvalue weighted by atomic mass is 32.2. The Balaban J connectivity index is 4.44. The lowest BCUT2D eigenvalue weighted by Crippen LogP contribution is -2.35. The first-order chi connectivity index (χ1) is 6.95. The van der Waals surface area contributed by atoms with E-state index in [-0.39, 0.29) is 10.9 Å². The Morgan fingerprint density at radius 1 is 1.33 bits per heavy atom. The summed E-state index contributed by atoms with van der Waals surface area (Å²) in [6.07, 6.45) is 8.47. The minimum Gasteiger partial charge on any atom is -0.435 e. The summed E-state index contributed by atoms with van der Waals surface area (Å²) in [5, 5.41) is 0. The first-order valence-corrected chi connectivity index (χ1v) is 4.99. The van der Waals surface area contributed by atoms with E-state index in [1.54, 1.807) is 0 Å². The molecule has 0 atom stereocenters. The van der Waals surface area contributed by atoms with Crippen LogP contribution in [0, 0.1) is 24.7 Å². The van der Waals surface area contributed by atoms with Gasteiger partial charge in [-0.25, -0.2) is 8.98 Å². The van der Waals surface area contributed by atoms with E-state index in [0.717, 1.165) is 7.05 Å². The molecule has 0 saturated carbocycles. The fraction of sp³-hybridized carbons (Fsp3) is 0.375. The third-order valence-corrected chi connectivity index (χ3v) is 2.40. The molecule has 1 amide bonds. The highest BCUT2D eigenvalue weighted by Gasteiger charge is 2.25. The fourth-order valence-electron chi connectivity index (χ4n) is 0.473. The Morgan fingerprint density at radius 2 is 1.87 bits per heavy atom. The average molecular weight is 231 g/mol. The predicted molar refractivity (Wildman–Crippen MR) is 51.6 cm³/mol. The molecule has 0 N–H and O–H groups in total. The second-order valence-electron chi connectivity index (χ2n) is 2.15. The monoisotopic (exact) mass is 231 g/mol. The third-order valence-electron chi connectivity index (χ3n) is 1.16. The van der Waals surface area contributed by atoms with Crippen molar-refractivity contribution in [3.63, 3.8) is 0 Å². The van der Waals surface area contributed by atoms with E-state index in [9.17, 15) is 13.2 Å². The third kappa shape index (κ3) is 4.36. The van der Waals surface area contributed by atoms with Crippen molar-refractivity contribution >= 4 is 16.4 Å². The Kier molecular flexibility index (Phi) is 5.24. The molecule has 0 aliphatic carbocycles. The van der Waals surface area contributed by atoms with Crippen LogP contribution in [0.5, 0.6) is 0 Å². The molecule has 0 spiro atoms. The van der Waals surface area contributed by atoms with Crippen molar-refractivity contribution in [2.24, 2.45) is 0 Å². The zero-order chi connectivity index (χ0) is 11.9. The van der Waals surface area contributed by atoms with Crippen molar-refractivity contribution < 1.29 is 22.1 Å². The summed E-state index contributed by atoms with van der Waals surface area (Å²) in [7, 11) is -3.24. The van der Waals surface area contributed by atoms with Gasteiger partial charge in [0.1, 0.15) is 6.61 Å². The van der Waals surface area contributed by atoms with Crippen molar-refractivity contribution in [1.82, 2.24) is 4.31 Å². The zero-order valence-electron chi connectivity index (χ0n) is 7.97. The molecule has 0 aromatic rings. The maximum atomic E-state index is 11.1. The van der Waals surface area contributed by atoms with Crippen LogP contribution in [0.15, 0.2) is 0 Å². The second-order valence-corrected chi connectivity index (χ2v) is 3.79. The van der Waals surface area contributed by atoms with Crippen molar-refractivity contribution in [2.75, 3.05) is 20.3 Å². The molecule has 0 aliphatic rings. The molecule has 0 saturated heterocycles. The van der Waals surface area contributed by atoms with Gasteiger partial charge >= 0.3 is 16.4 Å². The van der Waals surface area contributed by atoms with Gasteiger partial charge in [0.25, 0.3) is 0 Å². The Bertz CT molecular complexity index is 400. The smallest absolute Gasteiger partial charge is 0.426 e. The van der Waals surface area contributed by atoms with Crippen molar-refractivity contribution in [3.05, 3.63) is 0 Å². The number of terminal acetylenes is 2. The molecule has 0 aromatic heterocycles. The number of nitrogens with zero attached hydrogens (tertiary/aromatic N) is 1. The summed E-state index contributed by atoms with van der Waals surface area (Å²) in [6.45, 7) is -0.789. The minimum absolute atomic E-state index is 0.266. The summed E-state index contributed by atoms with van der Waals surface area (Å²) in [4.78, 5) is 11.0. The van der Waals surface area contributed by atoms with Crippen LogP contribution in [0.1, 0.15) is 0 Å². The van der Waals surface area contributed by atoms with E-state index in [1.165, 1.54) is 0 Å². The first kappa shape index (κ1) is 13.3. The lowest BCUT2D eigenvalue weighted by molar-refractivity contribution is 0.140. The summed E-state index contributed by atoms with van der Waals surface area (Å²) >= 11 is 0. The molecule has 0 radical (unpaired) electrons. The van der Waals surface area contributed by atoms with E-state index < -0.39 is 23.0 Å². The normalized spacial score (nSPS) is 9.80. The van der Waals surface area contributed by atoms with Crippen LogP contribution < -0.4 is 0 Å². The molecule has 0 heterocycles. The van der Waals surface area contributed by atoms with Crippen LogP contribution in [-0.2, 0) is 19.2 Å². The van der Waals surface area contributed by atoms with E-state index >= 15 is 0 Å². The number of carbonyl (C=O) groups is 1. The zero-order valence-corrected chi connectivity index (χ0v) is 8.78.